The maximum Gasteiger partial charge on any atom is 0.405 e. The summed E-state index contributed by atoms with van der Waals surface area (Å²) < 4.78 is 39.4. The van der Waals surface area contributed by atoms with E-state index < -0.39 is 17.6 Å². The Morgan fingerprint density at radius 2 is 1.81 bits per heavy atom. The van der Waals surface area contributed by atoms with Gasteiger partial charge in [0.15, 0.2) is 0 Å². The van der Waals surface area contributed by atoms with Crippen LogP contribution in [0.2, 0.25) is 0 Å². The van der Waals surface area contributed by atoms with Crippen LogP contribution in [0.5, 0.6) is 0 Å². The molecule has 1 amide bonds. The fourth-order valence-electron chi connectivity index (χ4n) is 2.03. The Morgan fingerprint density at radius 3 is 2.24 bits per heavy atom. The lowest BCUT2D eigenvalue weighted by molar-refractivity contribution is -0.184. The zero-order valence-corrected chi connectivity index (χ0v) is 13.5. The van der Waals surface area contributed by atoms with Gasteiger partial charge in [-0.15, -0.1) is 12.4 Å². The van der Waals surface area contributed by atoms with E-state index in [2.05, 4.69) is 10.6 Å². The number of carbonyl (C=O) groups is 1. The van der Waals surface area contributed by atoms with Crippen molar-refractivity contribution in [1.29, 1.82) is 0 Å². The van der Waals surface area contributed by atoms with Gasteiger partial charge in [0.2, 0.25) is 5.91 Å². The average Bonchev–Trinajstić information content (AvgIpc) is 2.38. The van der Waals surface area contributed by atoms with Crippen molar-refractivity contribution >= 4 is 18.3 Å². The van der Waals surface area contributed by atoms with Gasteiger partial charge in [-0.2, -0.15) is 13.2 Å². The van der Waals surface area contributed by atoms with Crippen molar-refractivity contribution in [3.05, 3.63) is 0 Å². The zero-order chi connectivity index (χ0) is 15.4. The monoisotopic (exact) mass is 331 g/mol. The average molecular weight is 332 g/mol. The number of hydrogen-bond acceptors (Lipinski definition) is 3. The van der Waals surface area contributed by atoms with E-state index >= 15 is 0 Å². The number of alkyl halides is 3. The van der Waals surface area contributed by atoms with Gasteiger partial charge in [0.05, 0.1) is 0 Å². The largest absolute Gasteiger partial charge is 0.405 e. The predicted molar refractivity (Wildman–Crippen MR) is 78.6 cm³/mol. The minimum atomic E-state index is -4.33. The second-order valence-corrected chi connectivity index (χ2v) is 5.79. The SMILES string of the molecule is CCC(C)(C)C(=O)NCC(N1CCNCC1)C(F)(F)F.Cl. The van der Waals surface area contributed by atoms with Crippen LogP contribution in [-0.4, -0.2) is 55.7 Å². The number of piperazine rings is 1. The highest BCUT2D eigenvalue weighted by Gasteiger charge is 2.44. The molecule has 1 heterocycles. The number of rotatable bonds is 5. The van der Waals surface area contributed by atoms with Crippen LogP contribution < -0.4 is 10.6 Å². The molecule has 0 bridgehead atoms. The molecule has 126 valence electrons. The van der Waals surface area contributed by atoms with Crippen LogP contribution in [-0.2, 0) is 4.79 Å². The highest BCUT2D eigenvalue weighted by atomic mass is 35.5. The van der Waals surface area contributed by atoms with Crippen molar-refractivity contribution < 1.29 is 18.0 Å². The Hall–Kier alpha value is -0.530. The van der Waals surface area contributed by atoms with Crippen LogP contribution >= 0.6 is 12.4 Å². The first-order chi connectivity index (χ1) is 9.18. The highest BCUT2D eigenvalue weighted by molar-refractivity contribution is 5.85. The maximum absolute atomic E-state index is 13.1. The normalized spacial score (nSPS) is 18.8. The van der Waals surface area contributed by atoms with Crippen molar-refractivity contribution in [2.24, 2.45) is 5.41 Å². The number of halogens is 4. The fourth-order valence-corrected chi connectivity index (χ4v) is 2.03. The van der Waals surface area contributed by atoms with Crippen molar-refractivity contribution in [2.75, 3.05) is 32.7 Å². The van der Waals surface area contributed by atoms with Gasteiger partial charge < -0.3 is 10.6 Å². The van der Waals surface area contributed by atoms with Crippen LogP contribution in [0, 0.1) is 5.41 Å². The van der Waals surface area contributed by atoms with E-state index in [4.69, 9.17) is 0 Å². The summed E-state index contributed by atoms with van der Waals surface area (Å²) in [6.07, 6.45) is -3.75. The van der Waals surface area contributed by atoms with E-state index in [9.17, 15) is 18.0 Å². The molecule has 1 atom stereocenters. The third-order valence-electron chi connectivity index (χ3n) is 3.92. The summed E-state index contributed by atoms with van der Waals surface area (Å²) in [5.74, 6) is -0.329. The first-order valence-electron chi connectivity index (χ1n) is 6.98. The Labute approximate surface area is 130 Å². The first kappa shape index (κ1) is 20.5. The third-order valence-corrected chi connectivity index (χ3v) is 3.92. The Balaban J connectivity index is 0.00000400. The summed E-state index contributed by atoms with van der Waals surface area (Å²) in [6, 6.07) is -1.61. The molecule has 0 aromatic heterocycles. The van der Waals surface area contributed by atoms with E-state index in [1.807, 2.05) is 6.92 Å². The lowest BCUT2D eigenvalue weighted by atomic mass is 9.89. The summed E-state index contributed by atoms with van der Waals surface area (Å²) in [7, 11) is 0. The Morgan fingerprint density at radius 1 is 1.29 bits per heavy atom. The molecular weight excluding hydrogens is 307 g/mol. The quantitative estimate of drug-likeness (QED) is 0.807. The van der Waals surface area contributed by atoms with Gasteiger partial charge in [-0.1, -0.05) is 20.8 Å². The molecule has 4 nitrogen and oxygen atoms in total. The van der Waals surface area contributed by atoms with Crippen LogP contribution in [0.15, 0.2) is 0 Å². The Bertz CT molecular complexity index is 331. The lowest BCUT2D eigenvalue weighted by Crippen LogP contribution is -2.58. The van der Waals surface area contributed by atoms with Crippen LogP contribution in [0.1, 0.15) is 27.2 Å². The van der Waals surface area contributed by atoms with Crippen LogP contribution in [0.3, 0.4) is 0 Å². The smallest absolute Gasteiger partial charge is 0.354 e. The maximum atomic E-state index is 13.1. The molecule has 0 aliphatic carbocycles. The molecule has 1 aliphatic heterocycles. The molecule has 0 radical (unpaired) electrons. The lowest BCUT2D eigenvalue weighted by Gasteiger charge is -2.36. The minimum Gasteiger partial charge on any atom is -0.354 e. The molecule has 1 saturated heterocycles. The molecule has 1 fully saturated rings. The predicted octanol–water partition coefficient (Wildman–Crippen LogP) is 1.80. The molecule has 0 spiro atoms. The summed E-state index contributed by atoms with van der Waals surface area (Å²) in [5, 5.41) is 5.48. The Kier molecular flexibility index (Phi) is 7.99. The molecule has 0 saturated carbocycles. The molecule has 0 aromatic carbocycles. The number of nitrogens with zero attached hydrogens (tertiary/aromatic N) is 1. The van der Waals surface area contributed by atoms with E-state index in [0.29, 0.717) is 32.6 Å². The first-order valence-corrected chi connectivity index (χ1v) is 6.98. The summed E-state index contributed by atoms with van der Waals surface area (Å²) in [5.41, 5.74) is -0.639. The fraction of sp³-hybridized carbons (Fsp3) is 0.923. The van der Waals surface area contributed by atoms with Gasteiger partial charge in [-0.05, 0) is 6.42 Å². The minimum absolute atomic E-state index is 0. The van der Waals surface area contributed by atoms with Gasteiger partial charge >= 0.3 is 6.18 Å². The second-order valence-electron chi connectivity index (χ2n) is 5.79. The molecule has 2 N–H and O–H groups in total. The van der Waals surface area contributed by atoms with Crippen molar-refractivity contribution in [2.45, 2.75) is 39.4 Å². The van der Waals surface area contributed by atoms with Crippen LogP contribution in [0.4, 0.5) is 13.2 Å². The van der Waals surface area contributed by atoms with Gasteiger partial charge in [0.25, 0.3) is 0 Å². The molecule has 21 heavy (non-hydrogen) atoms. The third kappa shape index (κ3) is 6.00. The number of carbonyl (C=O) groups excluding carboxylic acids is 1. The topological polar surface area (TPSA) is 44.4 Å². The van der Waals surface area contributed by atoms with Gasteiger partial charge in [0, 0.05) is 38.1 Å². The van der Waals surface area contributed by atoms with Crippen molar-refractivity contribution in [1.82, 2.24) is 15.5 Å². The van der Waals surface area contributed by atoms with Gasteiger partial charge in [-0.25, -0.2) is 0 Å². The number of nitrogens with one attached hydrogen (secondary N) is 2. The summed E-state index contributed by atoms with van der Waals surface area (Å²) in [4.78, 5) is 13.3. The molecule has 1 aliphatic rings. The standard InChI is InChI=1S/C13H24F3N3O.ClH/c1-4-12(2,3)11(20)18-9-10(13(14,15)16)19-7-5-17-6-8-19;/h10,17H,4-9H2,1-3H3,(H,18,20);1H. The molecule has 0 aromatic rings. The van der Waals surface area contributed by atoms with Crippen molar-refractivity contribution in [3.8, 4) is 0 Å². The van der Waals surface area contributed by atoms with E-state index in [1.165, 1.54) is 4.90 Å². The molecule has 8 heteroatoms. The number of amides is 1. The molecule has 1 unspecified atom stereocenters. The molecular formula is C13H25ClF3N3O. The van der Waals surface area contributed by atoms with Gasteiger partial charge in [-0.3, -0.25) is 9.69 Å². The summed E-state index contributed by atoms with van der Waals surface area (Å²) in [6.45, 7) is 6.70. The second kappa shape index (κ2) is 8.19. The highest BCUT2D eigenvalue weighted by Crippen LogP contribution is 2.25. The van der Waals surface area contributed by atoms with Crippen molar-refractivity contribution in [3.63, 3.8) is 0 Å². The van der Waals surface area contributed by atoms with E-state index in [0.717, 1.165) is 0 Å². The van der Waals surface area contributed by atoms with Crippen LogP contribution in [0.25, 0.3) is 0 Å². The van der Waals surface area contributed by atoms with E-state index in [1.54, 1.807) is 13.8 Å². The molecule has 1 rings (SSSR count). The number of hydrogen-bond donors (Lipinski definition) is 2. The zero-order valence-electron chi connectivity index (χ0n) is 12.7. The van der Waals surface area contributed by atoms with Gasteiger partial charge in [0.1, 0.15) is 6.04 Å². The summed E-state index contributed by atoms with van der Waals surface area (Å²) >= 11 is 0. The van der Waals surface area contributed by atoms with E-state index in [-0.39, 0.29) is 24.9 Å².